The van der Waals surface area contributed by atoms with Gasteiger partial charge in [0.15, 0.2) is 9.84 Å². The average molecular weight is 301 g/mol. The molecule has 19 heavy (non-hydrogen) atoms. The van der Waals surface area contributed by atoms with Crippen LogP contribution >= 0.6 is 11.6 Å². The molecular weight excluding hydrogens is 288 g/mol. The van der Waals surface area contributed by atoms with E-state index in [-0.39, 0.29) is 23.2 Å². The zero-order valence-corrected chi connectivity index (χ0v) is 11.7. The number of nitrogens with zero attached hydrogens (tertiary/aromatic N) is 1. The zero-order valence-electron chi connectivity index (χ0n) is 10.1. The van der Waals surface area contributed by atoms with Gasteiger partial charge >= 0.3 is 5.69 Å². The van der Waals surface area contributed by atoms with Crippen molar-refractivity contribution >= 4 is 32.5 Å². The van der Waals surface area contributed by atoms with Crippen molar-refractivity contribution < 1.29 is 8.42 Å². The van der Waals surface area contributed by atoms with Crippen molar-refractivity contribution in [3.63, 3.8) is 0 Å². The number of H-pyrrole nitrogens is 1. The number of rotatable bonds is 1. The third-order valence-corrected chi connectivity index (χ3v) is 5.52. The number of nitrogens with one attached hydrogen (secondary N) is 1. The molecule has 3 rings (SSSR count). The van der Waals surface area contributed by atoms with Gasteiger partial charge in [0.25, 0.3) is 0 Å². The van der Waals surface area contributed by atoms with Gasteiger partial charge < -0.3 is 4.98 Å². The highest BCUT2D eigenvalue weighted by Gasteiger charge is 2.28. The number of aromatic nitrogens is 2. The van der Waals surface area contributed by atoms with Crippen LogP contribution in [0.15, 0.2) is 23.0 Å². The van der Waals surface area contributed by atoms with Crippen LogP contribution in [0, 0.1) is 0 Å². The standard InChI is InChI=1S/C12H13ClN2O3S/c13-8-3-4-11-10(6-8)14-12(16)15(11)9-2-1-5-19(17,18)7-9/h3-4,6,9H,1-2,5,7H2,(H,14,16). The molecule has 1 aliphatic heterocycles. The Labute approximate surface area is 115 Å². The molecule has 1 aromatic heterocycles. The maximum atomic E-state index is 12.0. The fourth-order valence-corrected chi connectivity index (χ4v) is 4.52. The molecule has 1 aromatic carbocycles. The third kappa shape index (κ3) is 2.30. The topological polar surface area (TPSA) is 71.9 Å². The van der Waals surface area contributed by atoms with Crippen LogP contribution in [0.5, 0.6) is 0 Å². The van der Waals surface area contributed by atoms with Gasteiger partial charge in [-0.05, 0) is 31.0 Å². The number of hydrogen-bond acceptors (Lipinski definition) is 3. The predicted molar refractivity (Wildman–Crippen MR) is 74.5 cm³/mol. The Hall–Kier alpha value is -1.27. The van der Waals surface area contributed by atoms with E-state index in [2.05, 4.69) is 4.98 Å². The maximum Gasteiger partial charge on any atom is 0.326 e. The van der Waals surface area contributed by atoms with Gasteiger partial charge in [0.1, 0.15) is 0 Å². The highest BCUT2D eigenvalue weighted by molar-refractivity contribution is 7.91. The summed E-state index contributed by atoms with van der Waals surface area (Å²) in [6.07, 6.45) is 1.30. The van der Waals surface area contributed by atoms with Gasteiger partial charge in [0.05, 0.1) is 28.6 Å². The highest BCUT2D eigenvalue weighted by Crippen LogP contribution is 2.26. The van der Waals surface area contributed by atoms with E-state index in [1.54, 1.807) is 22.8 Å². The average Bonchev–Trinajstić information content (AvgIpc) is 2.62. The number of halogens is 1. The molecule has 0 spiro atoms. The SMILES string of the molecule is O=c1[nH]c2cc(Cl)ccc2n1C1CCCS(=O)(=O)C1. The van der Waals surface area contributed by atoms with Crippen LogP contribution in [0.2, 0.25) is 5.02 Å². The fraction of sp³-hybridized carbons (Fsp3) is 0.417. The van der Waals surface area contributed by atoms with Gasteiger partial charge in [0, 0.05) is 5.02 Å². The quantitative estimate of drug-likeness (QED) is 0.872. The van der Waals surface area contributed by atoms with E-state index in [4.69, 9.17) is 11.6 Å². The number of benzene rings is 1. The largest absolute Gasteiger partial charge is 0.326 e. The fourth-order valence-electron chi connectivity index (χ4n) is 2.67. The molecule has 1 N–H and O–H groups in total. The first kappa shape index (κ1) is 12.7. The first-order valence-corrected chi connectivity index (χ1v) is 8.26. The minimum atomic E-state index is -3.05. The van der Waals surface area contributed by atoms with Crippen LogP contribution in [-0.2, 0) is 9.84 Å². The first-order chi connectivity index (χ1) is 8.96. The first-order valence-electron chi connectivity index (χ1n) is 6.06. The summed E-state index contributed by atoms with van der Waals surface area (Å²) in [6.45, 7) is 0. The van der Waals surface area contributed by atoms with Crippen LogP contribution in [0.1, 0.15) is 18.9 Å². The van der Waals surface area contributed by atoms with E-state index in [1.165, 1.54) is 0 Å². The van der Waals surface area contributed by atoms with E-state index in [0.29, 0.717) is 28.9 Å². The van der Waals surface area contributed by atoms with Crippen LogP contribution < -0.4 is 5.69 Å². The third-order valence-electron chi connectivity index (χ3n) is 3.48. The molecule has 1 atom stereocenters. The van der Waals surface area contributed by atoms with Gasteiger partial charge in [-0.25, -0.2) is 13.2 Å². The van der Waals surface area contributed by atoms with Crippen molar-refractivity contribution in [3.8, 4) is 0 Å². The van der Waals surface area contributed by atoms with E-state index in [1.807, 2.05) is 0 Å². The van der Waals surface area contributed by atoms with Crippen LogP contribution in [-0.4, -0.2) is 29.5 Å². The van der Waals surface area contributed by atoms with Crippen LogP contribution in [0.25, 0.3) is 11.0 Å². The van der Waals surface area contributed by atoms with Gasteiger partial charge in [-0.1, -0.05) is 11.6 Å². The van der Waals surface area contributed by atoms with Crippen molar-refractivity contribution in [3.05, 3.63) is 33.7 Å². The van der Waals surface area contributed by atoms with E-state index < -0.39 is 9.84 Å². The molecule has 5 nitrogen and oxygen atoms in total. The molecule has 0 radical (unpaired) electrons. The van der Waals surface area contributed by atoms with Gasteiger partial charge in [-0.2, -0.15) is 0 Å². The Morgan fingerprint density at radius 2 is 2.16 bits per heavy atom. The Kier molecular flexibility index (Phi) is 2.94. The summed E-state index contributed by atoms with van der Waals surface area (Å²) in [5.41, 5.74) is 1.07. The summed E-state index contributed by atoms with van der Waals surface area (Å²) in [6, 6.07) is 4.83. The lowest BCUT2D eigenvalue weighted by atomic mass is 10.2. The monoisotopic (exact) mass is 300 g/mol. The summed E-state index contributed by atoms with van der Waals surface area (Å²) < 4.78 is 25.0. The second-order valence-corrected chi connectivity index (χ2v) is 7.54. The molecule has 1 saturated heterocycles. The van der Waals surface area contributed by atoms with E-state index in [0.717, 1.165) is 0 Å². The summed E-state index contributed by atoms with van der Waals surface area (Å²) >= 11 is 5.88. The molecule has 0 amide bonds. The normalized spacial score (nSPS) is 22.7. The van der Waals surface area contributed by atoms with Crippen molar-refractivity contribution in [2.45, 2.75) is 18.9 Å². The lowest BCUT2D eigenvalue weighted by molar-refractivity contribution is 0.470. The number of sulfone groups is 1. The second kappa shape index (κ2) is 4.38. The Morgan fingerprint density at radius 3 is 2.89 bits per heavy atom. The number of hydrogen-bond donors (Lipinski definition) is 1. The summed E-state index contributed by atoms with van der Waals surface area (Å²) in [5, 5.41) is 0.539. The molecule has 1 fully saturated rings. The van der Waals surface area contributed by atoms with Gasteiger partial charge in [0.2, 0.25) is 0 Å². The van der Waals surface area contributed by atoms with Gasteiger partial charge in [-0.3, -0.25) is 4.57 Å². The summed E-state index contributed by atoms with van der Waals surface area (Å²) in [7, 11) is -3.05. The zero-order chi connectivity index (χ0) is 13.6. The lowest BCUT2D eigenvalue weighted by Crippen LogP contribution is -2.32. The maximum absolute atomic E-state index is 12.0. The van der Waals surface area contributed by atoms with Crippen molar-refractivity contribution in [2.24, 2.45) is 0 Å². The summed E-state index contributed by atoms with van der Waals surface area (Å²) in [5.74, 6) is 0.245. The van der Waals surface area contributed by atoms with Crippen LogP contribution in [0.3, 0.4) is 0 Å². The molecule has 0 aliphatic carbocycles. The molecular formula is C12H13ClN2O3S. The molecule has 1 unspecified atom stereocenters. The number of imidazole rings is 1. The molecule has 0 saturated carbocycles. The molecule has 2 heterocycles. The van der Waals surface area contributed by atoms with E-state index >= 15 is 0 Å². The Balaban J connectivity index is 2.15. The Morgan fingerprint density at radius 1 is 1.37 bits per heavy atom. The van der Waals surface area contributed by atoms with Crippen molar-refractivity contribution in [1.82, 2.24) is 9.55 Å². The molecule has 102 valence electrons. The van der Waals surface area contributed by atoms with Crippen LogP contribution in [0.4, 0.5) is 0 Å². The molecule has 1 aliphatic rings. The second-order valence-electron chi connectivity index (χ2n) is 4.87. The summed E-state index contributed by atoms with van der Waals surface area (Å²) in [4.78, 5) is 14.8. The minimum absolute atomic E-state index is 0.0302. The van der Waals surface area contributed by atoms with Crippen molar-refractivity contribution in [1.29, 1.82) is 0 Å². The molecule has 0 bridgehead atoms. The van der Waals surface area contributed by atoms with Crippen molar-refractivity contribution in [2.75, 3.05) is 11.5 Å². The molecule has 2 aromatic rings. The number of aromatic amines is 1. The Bertz CT molecular complexity index is 791. The smallest absolute Gasteiger partial charge is 0.305 e. The predicted octanol–water partition coefficient (Wildman–Crippen LogP) is 1.73. The highest BCUT2D eigenvalue weighted by atomic mass is 35.5. The number of fused-ring (bicyclic) bond motifs is 1. The molecule has 7 heteroatoms. The lowest BCUT2D eigenvalue weighted by Gasteiger charge is -2.23. The van der Waals surface area contributed by atoms with E-state index in [9.17, 15) is 13.2 Å². The minimum Gasteiger partial charge on any atom is -0.305 e. The van der Waals surface area contributed by atoms with Gasteiger partial charge in [-0.15, -0.1) is 0 Å².